The number of hydrogen-bond donors (Lipinski definition) is 0. The van der Waals surface area contributed by atoms with Crippen LogP contribution < -0.4 is 0 Å². The maximum atomic E-state index is 12.9. The van der Waals surface area contributed by atoms with Gasteiger partial charge in [-0.3, -0.25) is 4.79 Å². The van der Waals surface area contributed by atoms with Crippen molar-refractivity contribution in [3.05, 3.63) is 54.1 Å². The molecule has 138 valence electrons. The van der Waals surface area contributed by atoms with Gasteiger partial charge < -0.3 is 14.2 Å². The third-order valence-corrected chi connectivity index (χ3v) is 5.54. The first kappa shape index (κ1) is 17.3. The molecule has 2 fully saturated rings. The minimum atomic E-state index is 0.177. The van der Waals surface area contributed by atoms with Crippen molar-refractivity contribution < 1.29 is 9.53 Å². The molecule has 1 aromatic heterocycles. The van der Waals surface area contributed by atoms with Crippen molar-refractivity contribution in [2.45, 2.75) is 51.3 Å². The van der Waals surface area contributed by atoms with Gasteiger partial charge in [0.25, 0.3) is 0 Å². The standard InChI is InChI=1S/C21H27N3O2/c25-21(18-8-4-9-18)24(15-19-10-5-13-26-19)16-20-22-11-12-23(20)14-17-6-2-1-3-7-17/h1-3,6-7,11-12,18-19H,4-5,8-10,13-16H2. The molecule has 0 N–H and O–H groups in total. The Labute approximate surface area is 155 Å². The van der Waals surface area contributed by atoms with Gasteiger partial charge >= 0.3 is 0 Å². The molecule has 0 bridgehead atoms. The van der Waals surface area contributed by atoms with Crippen molar-refractivity contribution in [1.82, 2.24) is 14.5 Å². The lowest BCUT2D eigenvalue weighted by Crippen LogP contribution is -2.42. The predicted octanol–water partition coefficient (Wildman–Crippen LogP) is 3.24. The summed E-state index contributed by atoms with van der Waals surface area (Å²) in [5, 5.41) is 0. The first-order chi connectivity index (χ1) is 12.8. The number of imidazole rings is 1. The number of nitrogens with zero attached hydrogens (tertiary/aromatic N) is 3. The minimum absolute atomic E-state index is 0.177. The van der Waals surface area contributed by atoms with Crippen LogP contribution >= 0.6 is 0 Å². The van der Waals surface area contributed by atoms with Gasteiger partial charge in [0, 0.05) is 38.0 Å². The summed E-state index contributed by atoms with van der Waals surface area (Å²) in [6.45, 7) is 2.85. The lowest BCUT2D eigenvalue weighted by Gasteiger charge is -2.33. The van der Waals surface area contributed by atoms with Gasteiger partial charge in [0.1, 0.15) is 5.82 Å². The molecule has 2 aliphatic rings. The van der Waals surface area contributed by atoms with E-state index in [0.717, 1.165) is 44.7 Å². The van der Waals surface area contributed by atoms with E-state index in [1.807, 2.05) is 23.4 Å². The number of aromatic nitrogens is 2. The van der Waals surface area contributed by atoms with Crippen LogP contribution in [0, 0.1) is 5.92 Å². The van der Waals surface area contributed by atoms with Crippen LogP contribution in [-0.2, 0) is 22.6 Å². The van der Waals surface area contributed by atoms with E-state index in [1.165, 1.54) is 12.0 Å². The lowest BCUT2D eigenvalue weighted by atomic mass is 9.84. The SMILES string of the molecule is O=C(C1CCC1)N(Cc1nccn1Cc1ccccc1)CC1CCCO1. The number of rotatable bonds is 7. The van der Waals surface area contributed by atoms with E-state index in [0.29, 0.717) is 13.1 Å². The zero-order chi connectivity index (χ0) is 17.8. The average Bonchev–Trinajstić information content (AvgIpc) is 3.26. The van der Waals surface area contributed by atoms with E-state index in [1.54, 1.807) is 0 Å². The fourth-order valence-corrected chi connectivity index (χ4v) is 3.77. The topological polar surface area (TPSA) is 47.4 Å². The maximum absolute atomic E-state index is 12.9. The summed E-state index contributed by atoms with van der Waals surface area (Å²) in [5.74, 6) is 1.43. The molecule has 1 aliphatic heterocycles. The molecular weight excluding hydrogens is 326 g/mol. The Morgan fingerprint density at radius 1 is 1.19 bits per heavy atom. The zero-order valence-corrected chi connectivity index (χ0v) is 15.2. The molecule has 0 spiro atoms. The molecule has 26 heavy (non-hydrogen) atoms. The highest BCUT2D eigenvalue weighted by Crippen LogP contribution is 2.29. The molecule has 1 unspecified atom stereocenters. The molecule has 5 heteroatoms. The Morgan fingerprint density at radius 2 is 2.04 bits per heavy atom. The fourth-order valence-electron chi connectivity index (χ4n) is 3.77. The second kappa shape index (κ2) is 8.04. The Kier molecular flexibility index (Phi) is 5.34. The predicted molar refractivity (Wildman–Crippen MR) is 99.5 cm³/mol. The lowest BCUT2D eigenvalue weighted by molar-refractivity contribution is -0.140. The number of ether oxygens (including phenoxy) is 1. The summed E-state index contributed by atoms with van der Waals surface area (Å²) in [6, 6.07) is 10.4. The molecule has 1 atom stereocenters. The monoisotopic (exact) mass is 353 g/mol. The zero-order valence-electron chi connectivity index (χ0n) is 15.2. The molecule has 5 nitrogen and oxygen atoms in total. The molecule has 1 aliphatic carbocycles. The Bertz CT molecular complexity index is 718. The highest BCUT2D eigenvalue weighted by atomic mass is 16.5. The van der Waals surface area contributed by atoms with Crippen LogP contribution in [0.3, 0.4) is 0 Å². The van der Waals surface area contributed by atoms with Gasteiger partial charge in [0.05, 0.1) is 12.6 Å². The number of carbonyl (C=O) groups excluding carboxylic acids is 1. The van der Waals surface area contributed by atoms with E-state index in [2.05, 4.69) is 33.8 Å². The van der Waals surface area contributed by atoms with Crippen LogP contribution in [-0.4, -0.2) is 39.6 Å². The van der Waals surface area contributed by atoms with Crippen molar-refractivity contribution in [3.8, 4) is 0 Å². The molecule has 4 rings (SSSR count). The second-order valence-corrected chi connectivity index (χ2v) is 7.44. The highest BCUT2D eigenvalue weighted by Gasteiger charge is 2.32. The molecule has 0 radical (unpaired) electrons. The van der Waals surface area contributed by atoms with Crippen LogP contribution in [0.1, 0.15) is 43.5 Å². The van der Waals surface area contributed by atoms with Crippen molar-refractivity contribution in [3.63, 3.8) is 0 Å². The summed E-state index contributed by atoms with van der Waals surface area (Å²) in [4.78, 5) is 19.5. The third kappa shape index (κ3) is 3.98. The number of carbonyl (C=O) groups is 1. The van der Waals surface area contributed by atoms with Gasteiger partial charge in [-0.2, -0.15) is 0 Å². The molecule has 1 saturated heterocycles. The normalized spacial score (nSPS) is 20.1. The molecule has 2 heterocycles. The van der Waals surface area contributed by atoms with E-state index >= 15 is 0 Å². The smallest absolute Gasteiger partial charge is 0.226 e. The number of amides is 1. The van der Waals surface area contributed by atoms with Crippen LogP contribution in [0.25, 0.3) is 0 Å². The third-order valence-electron chi connectivity index (χ3n) is 5.54. The average molecular weight is 353 g/mol. The van der Waals surface area contributed by atoms with Crippen molar-refractivity contribution in [2.75, 3.05) is 13.2 Å². The summed E-state index contributed by atoms with van der Waals surface area (Å²) in [5.41, 5.74) is 1.24. The number of benzene rings is 1. The van der Waals surface area contributed by atoms with Gasteiger partial charge in [-0.25, -0.2) is 4.98 Å². The minimum Gasteiger partial charge on any atom is -0.376 e. The van der Waals surface area contributed by atoms with Crippen molar-refractivity contribution in [1.29, 1.82) is 0 Å². The molecular formula is C21H27N3O2. The quantitative estimate of drug-likeness (QED) is 0.768. The van der Waals surface area contributed by atoms with Crippen molar-refractivity contribution >= 4 is 5.91 Å². The summed E-state index contributed by atoms with van der Waals surface area (Å²) in [6.07, 6.45) is 9.38. The molecule has 1 aromatic carbocycles. The van der Waals surface area contributed by atoms with E-state index in [4.69, 9.17) is 4.74 Å². The number of hydrogen-bond acceptors (Lipinski definition) is 3. The molecule has 2 aromatic rings. The van der Waals surface area contributed by atoms with Crippen LogP contribution in [0.15, 0.2) is 42.7 Å². The van der Waals surface area contributed by atoms with Gasteiger partial charge in [-0.05, 0) is 31.2 Å². The first-order valence-electron chi connectivity index (χ1n) is 9.74. The molecule has 1 saturated carbocycles. The van der Waals surface area contributed by atoms with Crippen LogP contribution in [0.4, 0.5) is 0 Å². The van der Waals surface area contributed by atoms with Gasteiger partial charge in [-0.1, -0.05) is 36.8 Å². The van der Waals surface area contributed by atoms with E-state index in [-0.39, 0.29) is 17.9 Å². The Hall–Kier alpha value is -2.14. The van der Waals surface area contributed by atoms with Gasteiger partial charge in [0.2, 0.25) is 5.91 Å². The Morgan fingerprint density at radius 3 is 2.73 bits per heavy atom. The highest BCUT2D eigenvalue weighted by molar-refractivity contribution is 5.79. The first-order valence-corrected chi connectivity index (χ1v) is 9.74. The van der Waals surface area contributed by atoms with E-state index < -0.39 is 0 Å². The van der Waals surface area contributed by atoms with E-state index in [9.17, 15) is 4.79 Å². The summed E-state index contributed by atoms with van der Waals surface area (Å²) in [7, 11) is 0. The van der Waals surface area contributed by atoms with Gasteiger partial charge in [-0.15, -0.1) is 0 Å². The van der Waals surface area contributed by atoms with Crippen LogP contribution in [0.2, 0.25) is 0 Å². The van der Waals surface area contributed by atoms with Gasteiger partial charge in [0.15, 0.2) is 0 Å². The van der Waals surface area contributed by atoms with Crippen LogP contribution in [0.5, 0.6) is 0 Å². The summed E-state index contributed by atoms with van der Waals surface area (Å²) < 4.78 is 7.93. The maximum Gasteiger partial charge on any atom is 0.226 e. The molecule has 1 amide bonds. The summed E-state index contributed by atoms with van der Waals surface area (Å²) >= 11 is 0. The fraction of sp³-hybridized carbons (Fsp3) is 0.524. The Balaban J connectivity index is 1.48. The largest absolute Gasteiger partial charge is 0.376 e. The second-order valence-electron chi connectivity index (χ2n) is 7.44. The van der Waals surface area contributed by atoms with Crippen molar-refractivity contribution in [2.24, 2.45) is 5.92 Å².